The Labute approximate surface area is 77.2 Å². The van der Waals surface area contributed by atoms with E-state index in [9.17, 15) is 0 Å². The Kier molecular flexibility index (Phi) is 2.99. The molecular weight excluding hydrogens is 170 g/mol. The van der Waals surface area contributed by atoms with Gasteiger partial charge in [0.05, 0.1) is 5.54 Å². The van der Waals surface area contributed by atoms with Crippen LogP contribution >= 0.6 is 11.8 Å². The molecule has 1 fully saturated rings. The number of hydrogen-bond acceptors (Lipinski definition) is 3. The Morgan fingerprint density at radius 3 is 2.67 bits per heavy atom. The summed E-state index contributed by atoms with van der Waals surface area (Å²) in [5, 5.41) is 11.7. The molecule has 1 aliphatic carbocycles. The highest BCUT2D eigenvalue weighted by atomic mass is 32.2. The van der Waals surface area contributed by atoms with E-state index in [2.05, 4.69) is 17.2 Å². The van der Waals surface area contributed by atoms with Crippen LogP contribution in [-0.4, -0.2) is 17.0 Å². The van der Waals surface area contributed by atoms with Crippen LogP contribution in [0.2, 0.25) is 0 Å². The highest BCUT2D eigenvalue weighted by Gasteiger charge is 2.31. The van der Waals surface area contributed by atoms with Gasteiger partial charge in [-0.3, -0.25) is 10.3 Å². The minimum absolute atomic E-state index is 0.0994. The summed E-state index contributed by atoms with van der Waals surface area (Å²) >= 11 is 1.49. The summed E-state index contributed by atoms with van der Waals surface area (Å²) in [4.78, 5) is 4.47. The van der Waals surface area contributed by atoms with Gasteiger partial charge < -0.3 is 0 Å². The first-order chi connectivity index (χ1) is 5.70. The minimum atomic E-state index is 0.0994. The number of thioether (sulfide) groups is 1. The van der Waals surface area contributed by atoms with Gasteiger partial charge in [0.15, 0.2) is 11.4 Å². The molecule has 0 unspecified atom stereocenters. The van der Waals surface area contributed by atoms with Crippen molar-refractivity contribution < 1.29 is 0 Å². The number of nitriles is 1. The Hall–Kier alpha value is -0.690. The molecule has 1 rings (SSSR count). The van der Waals surface area contributed by atoms with Crippen LogP contribution in [0.4, 0.5) is 0 Å². The maximum Gasteiger partial charge on any atom is 0.183 e. The summed E-state index contributed by atoms with van der Waals surface area (Å²) in [6.07, 6.45) is 7.35. The van der Waals surface area contributed by atoms with Gasteiger partial charge in [0.1, 0.15) is 0 Å². The van der Waals surface area contributed by atoms with Crippen LogP contribution in [-0.2, 0) is 0 Å². The molecule has 1 N–H and O–H groups in total. The zero-order valence-corrected chi connectivity index (χ0v) is 8.24. The lowest BCUT2D eigenvalue weighted by atomic mass is 9.79. The molecule has 0 heterocycles. The van der Waals surface area contributed by atoms with E-state index in [0.717, 1.165) is 18.0 Å². The molecule has 0 radical (unpaired) electrons. The summed E-state index contributed by atoms with van der Waals surface area (Å²) in [6, 6.07) is 0. The Balaban J connectivity index is 2.57. The van der Waals surface area contributed by atoms with Crippen LogP contribution in [0.25, 0.3) is 0 Å². The zero-order chi connectivity index (χ0) is 9.03. The smallest absolute Gasteiger partial charge is 0.183 e. The minimum Gasteiger partial charge on any atom is -0.272 e. The molecule has 0 saturated heterocycles. The van der Waals surface area contributed by atoms with Gasteiger partial charge in [-0.15, -0.1) is 0 Å². The van der Waals surface area contributed by atoms with E-state index in [-0.39, 0.29) is 5.54 Å². The quantitative estimate of drug-likeness (QED) is 0.291. The first kappa shape index (κ1) is 9.40. The molecular formula is C8H13N3S. The maximum absolute atomic E-state index is 8.40. The first-order valence-corrected chi connectivity index (χ1v) is 5.22. The maximum atomic E-state index is 8.40. The van der Waals surface area contributed by atoms with Crippen molar-refractivity contribution in [2.24, 2.45) is 4.99 Å². The Morgan fingerprint density at radius 2 is 2.33 bits per heavy atom. The second kappa shape index (κ2) is 3.81. The van der Waals surface area contributed by atoms with E-state index < -0.39 is 0 Å². The molecule has 4 heteroatoms. The van der Waals surface area contributed by atoms with Crippen molar-refractivity contribution in [1.82, 2.24) is 5.32 Å². The molecule has 3 nitrogen and oxygen atoms in total. The van der Waals surface area contributed by atoms with Crippen molar-refractivity contribution in [3.63, 3.8) is 0 Å². The number of nitrogens with zero attached hydrogens (tertiary/aromatic N) is 2. The second-order valence-corrected chi connectivity index (χ2v) is 4.00. The van der Waals surface area contributed by atoms with Gasteiger partial charge in [0, 0.05) is 0 Å². The van der Waals surface area contributed by atoms with Crippen molar-refractivity contribution in [3.8, 4) is 6.19 Å². The van der Waals surface area contributed by atoms with Crippen LogP contribution in [0.5, 0.6) is 0 Å². The van der Waals surface area contributed by atoms with E-state index in [1.165, 1.54) is 18.2 Å². The predicted octanol–water partition coefficient (Wildman–Crippen LogP) is 1.72. The van der Waals surface area contributed by atoms with Crippen molar-refractivity contribution in [2.75, 3.05) is 6.26 Å². The summed E-state index contributed by atoms with van der Waals surface area (Å²) in [6.45, 7) is 2.13. The SMILES string of the molecule is CSC(=NC1(C)CCC1)NC#N. The van der Waals surface area contributed by atoms with Gasteiger partial charge in [0.25, 0.3) is 0 Å². The average Bonchev–Trinajstić information content (AvgIpc) is 2.01. The van der Waals surface area contributed by atoms with Crippen molar-refractivity contribution >= 4 is 16.9 Å². The van der Waals surface area contributed by atoms with Crippen molar-refractivity contribution in [3.05, 3.63) is 0 Å². The third kappa shape index (κ3) is 2.15. The standard InChI is InChI=1S/C8H13N3S/c1-8(4-3-5-8)11-7(12-2)10-6-9/h3-5H2,1-2H3,(H,10,11). The second-order valence-electron chi connectivity index (χ2n) is 3.21. The van der Waals surface area contributed by atoms with E-state index >= 15 is 0 Å². The largest absolute Gasteiger partial charge is 0.272 e. The van der Waals surface area contributed by atoms with E-state index in [4.69, 9.17) is 5.26 Å². The van der Waals surface area contributed by atoms with Crippen LogP contribution in [0.3, 0.4) is 0 Å². The predicted molar refractivity (Wildman–Crippen MR) is 52.0 cm³/mol. The number of hydrogen-bond donors (Lipinski definition) is 1. The number of aliphatic imine (C=N–C) groups is 1. The molecule has 0 aliphatic heterocycles. The number of rotatable bonds is 1. The van der Waals surface area contributed by atoms with E-state index in [1.54, 1.807) is 0 Å². The van der Waals surface area contributed by atoms with Crippen LogP contribution < -0.4 is 5.32 Å². The van der Waals surface area contributed by atoms with Crippen molar-refractivity contribution in [1.29, 1.82) is 5.26 Å². The normalized spacial score (nSPS) is 20.9. The topological polar surface area (TPSA) is 48.2 Å². The van der Waals surface area contributed by atoms with Gasteiger partial charge >= 0.3 is 0 Å². The lowest BCUT2D eigenvalue weighted by Crippen LogP contribution is -2.33. The van der Waals surface area contributed by atoms with E-state index in [0.29, 0.717) is 0 Å². The molecule has 0 atom stereocenters. The molecule has 0 spiro atoms. The van der Waals surface area contributed by atoms with Gasteiger partial charge in [-0.25, -0.2) is 0 Å². The zero-order valence-electron chi connectivity index (χ0n) is 7.42. The van der Waals surface area contributed by atoms with Gasteiger partial charge in [-0.1, -0.05) is 11.8 Å². The number of nitrogens with one attached hydrogen (secondary N) is 1. The molecule has 0 bridgehead atoms. The lowest BCUT2D eigenvalue weighted by molar-refractivity contribution is 0.280. The van der Waals surface area contributed by atoms with Crippen LogP contribution in [0, 0.1) is 11.5 Å². The van der Waals surface area contributed by atoms with Crippen LogP contribution in [0.1, 0.15) is 26.2 Å². The molecule has 1 saturated carbocycles. The molecule has 1 aliphatic rings. The highest BCUT2D eigenvalue weighted by Crippen LogP contribution is 2.35. The Morgan fingerprint density at radius 1 is 1.67 bits per heavy atom. The molecule has 0 aromatic carbocycles. The third-order valence-electron chi connectivity index (χ3n) is 2.16. The fourth-order valence-corrected chi connectivity index (χ4v) is 1.68. The first-order valence-electron chi connectivity index (χ1n) is 3.99. The summed E-state index contributed by atoms with van der Waals surface area (Å²) < 4.78 is 0. The van der Waals surface area contributed by atoms with E-state index in [1.807, 2.05) is 12.4 Å². The fourth-order valence-electron chi connectivity index (χ4n) is 1.22. The molecule has 12 heavy (non-hydrogen) atoms. The van der Waals surface area contributed by atoms with Crippen LogP contribution in [0.15, 0.2) is 4.99 Å². The molecule has 66 valence electrons. The molecule has 0 aromatic rings. The lowest BCUT2D eigenvalue weighted by Gasteiger charge is -2.34. The van der Waals surface area contributed by atoms with Crippen molar-refractivity contribution in [2.45, 2.75) is 31.7 Å². The van der Waals surface area contributed by atoms with Gasteiger partial charge in [-0.2, -0.15) is 5.26 Å². The third-order valence-corrected chi connectivity index (χ3v) is 2.74. The van der Waals surface area contributed by atoms with Gasteiger partial charge in [-0.05, 0) is 32.4 Å². The number of amidine groups is 1. The summed E-state index contributed by atoms with van der Waals surface area (Å²) in [7, 11) is 0. The fraction of sp³-hybridized carbons (Fsp3) is 0.750. The monoisotopic (exact) mass is 183 g/mol. The van der Waals surface area contributed by atoms with Gasteiger partial charge in [0.2, 0.25) is 0 Å². The highest BCUT2D eigenvalue weighted by molar-refractivity contribution is 8.13. The summed E-state index contributed by atoms with van der Waals surface area (Å²) in [5.41, 5.74) is 0.0994. The average molecular weight is 183 g/mol. The summed E-state index contributed by atoms with van der Waals surface area (Å²) in [5.74, 6) is 0. The molecule has 0 aromatic heterocycles. The molecule has 0 amide bonds. The Bertz CT molecular complexity index is 225.